The minimum Gasteiger partial charge on any atom is -0.339 e. The number of carbonyl (C=O) groups excluding carboxylic acids is 2. The maximum absolute atomic E-state index is 12.2. The van der Waals surface area contributed by atoms with Gasteiger partial charge >= 0.3 is 0 Å². The Balaban J connectivity index is 0.00000220. The van der Waals surface area contributed by atoms with Gasteiger partial charge in [0.25, 0.3) is 5.91 Å². The maximum Gasteiger partial charge on any atom is 0.264 e. The summed E-state index contributed by atoms with van der Waals surface area (Å²) in [5, 5.41) is 1.90. The number of carbonyl (C=O) groups is 2. The molecule has 2 unspecified atom stereocenters. The molecule has 0 bridgehead atoms. The zero-order valence-corrected chi connectivity index (χ0v) is 14.0. The molecular weight excluding hydrogens is 310 g/mol. The van der Waals surface area contributed by atoms with Gasteiger partial charge in [-0.25, -0.2) is 0 Å². The molecule has 5 nitrogen and oxygen atoms in total. The van der Waals surface area contributed by atoms with E-state index in [0.29, 0.717) is 26.2 Å². The van der Waals surface area contributed by atoms with Gasteiger partial charge in [0.2, 0.25) is 5.91 Å². The van der Waals surface area contributed by atoms with Gasteiger partial charge in [0, 0.05) is 32.2 Å². The Bertz CT molecular complexity index is 471. The average Bonchev–Trinajstić information content (AvgIpc) is 2.99. The smallest absolute Gasteiger partial charge is 0.264 e. The predicted molar refractivity (Wildman–Crippen MR) is 86.9 cm³/mol. The Morgan fingerprint density at radius 3 is 2.24 bits per heavy atom. The third kappa shape index (κ3) is 4.18. The van der Waals surface area contributed by atoms with Crippen molar-refractivity contribution >= 4 is 35.6 Å². The molecule has 0 aliphatic carbocycles. The minimum absolute atomic E-state index is 0. The maximum atomic E-state index is 12.2. The fourth-order valence-electron chi connectivity index (χ4n) is 2.20. The summed E-state index contributed by atoms with van der Waals surface area (Å²) in [7, 11) is 0. The first-order valence-electron chi connectivity index (χ1n) is 6.88. The van der Waals surface area contributed by atoms with Crippen LogP contribution < -0.4 is 5.73 Å². The Kier molecular flexibility index (Phi) is 6.64. The summed E-state index contributed by atoms with van der Waals surface area (Å²) in [5.74, 6) is -0.0230. The molecule has 0 spiro atoms. The quantitative estimate of drug-likeness (QED) is 0.911. The second-order valence-electron chi connectivity index (χ2n) is 5.24. The van der Waals surface area contributed by atoms with E-state index in [9.17, 15) is 9.59 Å². The summed E-state index contributed by atoms with van der Waals surface area (Å²) < 4.78 is 0. The van der Waals surface area contributed by atoms with Gasteiger partial charge < -0.3 is 15.5 Å². The van der Waals surface area contributed by atoms with E-state index in [0.717, 1.165) is 4.88 Å². The third-order valence-corrected chi connectivity index (χ3v) is 4.65. The van der Waals surface area contributed by atoms with E-state index in [4.69, 9.17) is 5.73 Å². The van der Waals surface area contributed by atoms with Gasteiger partial charge in [0.15, 0.2) is 0 Å². The topological polar surface area (TPSA) is 66.6 Å². The average molecular weight is 332 g/mol. The molecule has 7 heteroatoms. The monoisotopic (exact) mass is 331 g/mol. The largest absolute Gasteiger partial charge is 0.339 e. The second-order valence-corrected chi connectivity index (χ2v) is 6.19. The van der Waals surface area contributed by atoms with Crippen molar-refractivity contribution in [2.75, 3.05) is 26.2 Å². The van der Waals surface area contributed by atoms with Gasteiger partial charge in [-0.3, -0.25) is 9.59 Å². The van der Waals surface area contributed by atoms with Crippen LogP contribution in [0.5, 0.6) is 0 Å². The molecule has 2 amide bonds. The fraction of sp³-hybridized carbons (Fsp3) is 0.571. The van der Waals surface area contributed by atoms with Gasteiger partial charge in [-0.05, 0) is 18.4 Å². The summed E-state index contributed by atoms with van der Waals surface area (Å²) in [4.78, 5) is 28.8. The van der Waals surface area contributed by atoms with Crippen molar-refractivity contribution in [3.8, 4) is 0 Å². The summed E-state index contributed by atoms with van der Waals surface area (Å²) in [5.41, 5.74) is 5.77. The van der Waals surface area contributed by atoms with Gasteiger partial charge in [0.05, 0.1) is 10.8 Å². The van der Waals surface area contributed by atoms with E-state index in [1.165, 1.54) is 11.3 Å². The standard InChI is InChI=1S/C14H21N3O2S.ClH/c1-10(11(2)15)13(18)16-5-7-17(8-6-16)14(19)12-4-3-9-20-12;/h3-4,9-11H,5-8,15H2,1-2H3;1H. The first-order valence-corrected chi connectivity index (χ1v) is 7.76. The van der Waals surface area contributed by atoms with Crippen molar-refractivity contribution in [3.63, 3.8) is 0 Å². The molecule has 0 saturated carbocycles. The fourth-order valence-corrected chi connectivity index (χ4v) is 2.89. The van der Waals surface area contributed by atoms with Crippen LogP contribution in [-0.2, 0) is 4.79 Å². The molecule has 1 fully saturated rings. The Labute approximate surface area is 135 Å². The molecule has 1 aromatic rings. The summed E-state index contributed by atoms with van der Waals surface area (Å²) in [6.45, 7) is 6.07. The zero-order chi connectivity index (χ0) is 14.7. The summed E-state index contributed by atoms with van der Waals surface area (Å²) in [6, 6.07) is 3.57. The molecule has 2 rings (SSSR count). The summed E-state index contributed by atoms with van der Waals surface area (Å²) >= 11 is 1.45. The first-order chi connectivity index (χ1) is 9.50. The lowest BCUT2D eigenvalue weighted by Crippen LogP contribution is -2.53. The van der Waals surface area contributed by atoms with Crippen LogP contribution in [0.4, 0.5) is 0 Å². The van der Waals surface area contributed by atoms with E-state index < -0.39 is 0 Å². The molecule has 2 N–H and O–H groups in total. The van der Waals surface area contributed by atoms with E-state index in [2.05, 4.69) is 0 Å². The van der Waals surface area contributed by atoms with Gasteiger partial charge in [-0.2, -0.15) is 0 Å². The van der Waals surface area contributed by atoms with Crippen molar-refractivity contribution in [2.24, 2.45) is 11.7 Å². The van der Waals surface area contributed by atoms with Crippen molar-refractivity contribution in [2.45, 2.75) is 19.9 Å². The number of hydrogen-bond acceptors (Lipinski definition) is 4. The number of nitrogens with two attached hydrogens (primary N) is 1. The highest BCUT2D eigenvalue weighted by Crippen LogP contribution is 2.15. The van der Waals surface area contributed by atoms with Crippen LogP contribution in [0.2, 0.25) is 0 Å². The number of thiophene rings is 1. The number of piperazine rings is 1. The normalized spacial score (nSPS) is 17.9. The van der Waals surface area contributed by atoms with E-state index in [1.54, 1.807) is 0 Å². The van der Waals surface area contributed by atoms with Crippen LogP contribution in [0.15, 0.2) is 17.5 Å². The van der Waals surface area contributed by atoms with Gasteiger partial charge in [-0.15, -0.1) is 23.7 Å². The number of amides is 2. The number of rotatable bonds is 3. The van der Waals surface area contributed by atoms with E-state index in [1.807, 2.05) is 41.2 Å². The van der Waals surface area contributed by atoms with Crippen LogP contribution in [-0.4, -0.2) is 53.8 Å². The number of hydrogen-bond donors (Lipinski definition) is 1. The lowest BCUT2D eigenvalue weighted by Gasteiger charge is -2.36. The molecule has 2 atom stereocenters. The highest BCUT2D eigenvalue weighted by Gasteiger charge is 2.28. The van der Waals surface area contributed by atoms with Crippen LogP contribution in [0.1, 0.15) is 23.5 Å². The van der Waals surface area contributed by atoms with Crippen molar-refractivity contribution in [1.29, 1.82) is 0 Å². The molecule has 1 saturated heterocycles. The lowest BCUT2D eigenvalue weighted by atomic mass is 10.0. The Morgan fingerprint density at radius 2 is 1.76 bits per heavy atom. The van der Waals surface area contributed by atoms with Crippen molar-refractivity contribution < 1.29 is 9.59 Å². The SMILES string of the molecule is CC(N)C(C)C(=O)N1CCN(C(=O)c2cccs2)CC1.Cl. The molecule has 1 aliphatic heterocycles. The van der Waals surface area contributed by atoms with Crippen LogP contribution in [0.25, 0.3) is 0 Å². The lowest BCUT2D eigenvalue weighted by molar-refractivity contribution is -0.137. The highest BCUT2D eigenvalue weighted by molar-refractivity contribution is 7.12. The van der Waals surface area contributed by atoms with Crippen LogP contribution in [0, 0.1) is 5.92 Å². The van der Waals surface area contributed by atoms with Gasteiger partial charge in [0.1, 0.15) is 0 Å². The van der Waals surface area contributed by atoms with Crippen LogP contribution in [0.3, 0.4) is 0 Å². The van der Waals surface area contributed by atoms with Crippen molar-refractivity contribution in [3.05, 3.63) is 22.4 Å². The molecule has 1 aliphatic rings. The first kappa shape index (κ1) is 17.9. The molecule has 21 heavy (non-hydrogen) atoms. The second kappa shape index (κ2) is 7.77. The zero-order valence-electron chi connectivity index (χ0n) is 12.3. The molecule has 1 aromatic heterocycles. The van der Waals surface area contributed by atoms with E-state index >= 15 is 0 Å². The summed E-state index contributed by atoms with van der Waals surface area (Å²) in [6.07, 6.45) is 0. The predicted octanol–water partition coefficient (Wildman–Crippen LogP) is 1.44. The third-order valence-electron chi connectivity index (χ3n) is 3.79. The highest BCUT2D eigenvalue weighted by atomic mass is 35.5. The number of nitrogens with zero attached hydrogens (tertiary/aromatic N) is 2. The Hall–Kier alpha value is -1.11. The van der Waals surface area contributed by atoms with E-state index in [-0.39, 0.29) is 36.2 Å². The molecule has 118 valence electrons. The molecular formula is C14H22ClN3O2S. The van der Waals surface area contributed by atoms with Crippen molar-refractivity contribution in [1.82, 2.24) is 9.80 Å². The van der Waals surface area contributed by atoms with Crippen LogP contribution >= 0.6 is 23.7 Å². The molecule has 0 aromatic carbocycles. The number of halogens is 1. The molecule has 2 heterocycles. The minimum atomic E-state index is -0.172. The van der Waals surface area contributed by atoms with Gasteiger partial charge in [-0.1, -0.05) is 13.0 Å². The molecule has 0 radical (unpaired) electrons. The Morgan fingerprint density at radius 1 is 1.19 bits per heavy atom.